The van der Waals surface area contributed by atoms with Crippen molar-refractivity contribution in [3.63, 3.8) is 0 Å². The predicted molar refractivity (Wildman–Crippen MR) is 164 cm³/mol. The normalized spacial score (nSPS) is 12.9. The number of rotatable bonds is 5. The summed E-state index contributed by atoms with van der Waals surface area (Å²) in [7, 11) is 2.18. The largest absolute Gasteiger partial charge is 0.344 e. The SMILES string of the molecule is CN(c1ccc2c(c1)C(c1ccccc1)(c1ccccc1)c1ccccc1-2)c1ccccc1-c1ccccc1. The molecule has 0 saturated carbocycles. The molecular weight excluding hydrogens is 470 g/mol. The minimum absolute atomic E-state index is 0.399. The van der Waals surface area contributed by atoms with Gasteiger partial charge < -0.3 is 4.90 Å². The lowest BCUT2D eigenvalue weighted by Gasteiger charge is -2.34. The standard InChI is InChI=1S/C38H29N/c1-39(37-24-14-12-21-32(37)28-15-5-2-6-16-28)31-25-26-34-33-22-11-13-23-35(33)38(36(34)27-31,29-17-7-3-8-18-29)30-19-9-4-10-20-30/h2-27H,1H3. The van der Waals surface area contributed by atoms with Gasteiger partial charge in [0.25, 0.3) is 0 Å². The first-order valence-corrected chi connectivity index (χ1v) is 13.5. The van der Waals surface area contributed by atoms with E-state index >= 15 is 0 Å². The number of para-hydroxylation sites is 1. The van der Waals surface area contributed by atoms with E-state index in [1.807, 2.05) is 0 Å². The van der Waals surface area contributed by atoms with Gasteiger partial charge in [-0.25, -0.2) is 0 Å². The van der Waals surface area contributed by atoms with Crippen molar-refractivity contribution in [3.05, 3.63) is 180 Å². The summed E-state index contributed by atoms with van der Waals surface area (Å²) in [6.07, 6.45) is 0. The van der Waals surface area contributed by atoms with E-state index in [-0.39, 0.29) is 0 Å². The highest BCUT2D eigenvalue weighted by atomic mass is 15.1. The van der Waals surface area contributed by atoms with Crippen LogP contribution in [0, 0.1) is 0 Å². The number of fused-ring (bicyclic) bond motifs is 3. The highest BCUT2D eigenvalue weighted by Crippen LogP contribution is 2.56. The fourth-order valence-electron chi connectivity index (χ4n) is 6.41. The molecule has 1 nitrogen and oxygen atoms in total. The summed E-state index contributed by atoms with van der Waals surface area (Å²) in [5.74, 6) is 0. The molecule has 0 saturated heterocycles. The maximum absolute atomic E-state index is 2.41. The summed E-state index contributed by atoms with van der Waals surface area (Å²) in [4.78, 5) is 2.33. The summed E-state index contributed by atoms with van der Waals surface area (Å²) < 4.78 is 0. The lowest BCUT2D eigenvalue weighted by molar-refractivity contribution is 0.768. The second-order valence-corrected chi connectivity index (χ2v) is 10.2. The van der Waals surface area contributed by atoms with E-state index in [0.717, 1.165) is 0 Å². The summed E-state index contributed by atoms with van der Waals surface area (Å²) >= 11 is 0. The maximum atomic E-state index is 2.41. The van der Waals surface area contributed by atoms with Gasteiger partial charge >= 0.3 is 0 Å². The monoisotopic (exact) mass is 499 g/mol. The highest BCUT2D eigenvalue weighted by molar-refractivity contribution is 5.89. The van der Waals surface area contributed by atoms with Crippen molar-refractivity contribution in [2.45, 2.75) is 5.41 Å². The van der Waals surface area contributed by atoms with E-state index in [9.17, 15) is 0 Å². The average Bonchev–Trinajstić information content (AvgIpc) is 3.32. The van der Waals surface area contributed by atoms with Gasteiger partial charge in [-0.2, -0.15) is 0 Å². The molecule has 6 aromatic carbocycles. The molecule has 0 aliphatic heterocycles. The third-order valence-electron chi connectivity index (χ3n) is 8.18. The van der Waals surface area contributed by atoms with Crippen LogP contribution >= 0.6 is 0 Å². The van der Waals surface area contributed by atoms with Crippen LogP contribution in [0.1, 0.15) is 22.3 Å². The zero-order valence-corrected chi connectivity index (χ0v) is 22.0. The van der Waals surface area contributed by atoms with Gasteiger partial charge in [0.1, 0.15) is 0 Å². The first-order valence-electron chi connectivity index (χ1n) is 13.5. The zero-order chi connectivity index (χ0) is 26.2. The first kappa shape index (κ1) is 23.3. The number of nitrogens with zero attached hydrogens (tertiary/aromatic N) is 1. The van der Waals surface area contributed by atoms with Gasteiger partial charge in [-0.05, 0) is 57.1 Å². The Morgan fingerprint density at radius 2 is 0.949 bits per heavy atom. The molecule has 6 aromatic rings. The van der Waals surface area contributed by atoms with E-state index in [2.05, 4.69) is 170 Å². The predicted octanol–water partition coefficient (Wildman–Crippen LogP) is 9.48. The molecule has 1 aliphatic carbocycles. The second kappa shape index (κ2) is 9.45. The van der Waals surface area contributed by atoms with Crippen LogP contribution in [-0.2, 0) is 5.41 Å². The molecule has 0 bridgehead atoms. The molecule has 1 heteroatoms. The van der Waals surface area contributed by atoms with E-state index in [1.54, 1.807) is 0 Å². The minimum atomic E-state index is -0.399. The summed E-state index contributed by atoms with van der Waals surface area (Å²) in [5.41, 5.74) is 12.2. The molecule has 0 fully saturated rings. The molecule has 0 N–H and O–H groups in total. The summed E-state index contributed by atoms with van der Waals surface area (Å²) in [6, 6.07) is 57.2. The molecule has 39 heavy (non-hydrogen) atoms. The molecule has 186 valence electrons. The van der Waals surface area contributed by atoms with E-state index < -0.39 is 5.41 Å². The van der Waals surface area contributed by atoms with Gasteiger partial charge in [-0.3, -0.25) is 0 Å². The van der Waals surface area contributed by atoms with Crippen LogP contribution in [0.25, 0.3) is 22.3 Å². The van der Waals surface area contributed by atoms with Gasteiger partial charge in [-0.1, -0.05) is 140 Å². The average molecular weight is 500 g/mol. The van der Waals surface area contributed by atoms with Crippen LogP contribution in [0.2, 0.25) is 0 Å². The lowest BCUT2D eigenvalue weighted by atomic mass is 9.67. The Morgan fingerprint density at radius 3 is 1.62 bits per heavy atom. The molecular formula is C38H29N. The lowest BCUT2D eigenvalue weighted by Crippen LogP contribution is -2.28. The fourth-order valence-corrected chi connectivity index (χ4v) is 6.41. The third-order valence-corrected chi connectivity index (χ3v) is 8.18. The molecule has 0 atom stereocenters. The number of hydrogen-bond donors (Lipinski definition) is 0. The Labute approximate surface area is 230 Å². The van der Waals surface area contributed by atoms with Crippen LogP contribution in [0.3, 0.4) is 0 Å². The molecule has 0 radical (unpaired) electrons. The van der Waals surface area contributed by atoms with Gasteiger partial charge in [0.15, 0.2) is 0 Å². The Kier molecular flexibility index (Phi) is 5.64. The van der Waals surface area contributed by atoms with Gasteiger partial charge in [0, 0.05) is 24.0 Å². The Morgan fingerprint density at radius 1 is 0.436 bits per heavy atom. The van der Waals surface area contributed by atoms with Crippen LogP contribution in [-0.4, -0.2) is 7.05 Å². The quantitative estimate of drug-likeness (QED) is 0.228. The molecule has 7 rings (SSSR count). The van der Waals surface area contributed by atoms with Crippen molar-refractivity contribution in [1.82, 2.24) is 0 Å². The smallest absolute Gasteiger partial charge is 0.0714 e. The van der Waals surface area contributed by atoms with Crippen LogP contribution < -0.4 is 4.90 Å². The van der Waals surface area contributed by atoms with E-state index in [0.29, 0.717) is 0 Å². The van der Waals surface area contributed by atoms with Crippen molar-refractivity contribution < 1.29 is 0 Å². The Bertz CT molecular complexity index is 1710. The maximum Gasteiger partial charge on any atom is 0.0714 e. The van der Waals surface area contributed by atoms with Crippen molar-refractivity contribution in [2.75, 3.05) is 11.9 Å². The number of benzene rings is 6. The van der Waals surface area contributed by atoms with Crippen molar-refractivity contribution in [1.29, 1.82) is 0 Å². The molecule has 0 heterocycles. The van der Waals surface area contributed by atoms with Crippen LogP contribution in [0.5, 0.6) is 0 Å². The highest BCUT2D eigenvalue weighted by Gasteiger charge is 2.46. The third kappa shape index (κ3) is 3.62. The second-order valence-electron chi connectivity index (χ2n) is 10.2. The van der Waals surface area contributed by atoms with Gasteiger partial charge in [0.2, 0.25) is 0 Å². The van der Waals surface area contributed by atoms with Crippen molar-refractivity contribution >= 4 is 11.4 Å². The van der Waals surface area contributed by atoms with Crippen molar-refractivity contribution in [2.24, 2.45) is 0 Å². The van der Waals surface area contributed by atoms with Crippen molar-refractivity contribution in [3.8, 4) is 22.3 Å². The molecule has 0 aromatic heterocycles. The molecule has 0 amide bonds. The van der Waals surface area contributed by atoms with Crippen LogP contribution in [0.4, 0.5) is 11.4 Å². The number of anilines is 2. The first-order chi connectivity index (χ1) is 19.3. The molecule has 1 aliphatic rings. The van der Waals surface area contributed by atoms with E-state index in [1.165, 1.54) is 55.9 Å². The Hall–Kier alpha value is -4.88. The Balaban J connectivity index is 1.47. The van der Waals surface area contributed by atoms with E-state index in [4.69, 9.17) is 0 Å². The number of hydrogen-bond acceptors (Lipinski definition) is 1. The van der Waals surface area contributed by atoms with Crippen LogP contribution in [0.15, 0.2) is 158 Å². The minimum Gasteiger partial charge on any atom is -0.344 e. The summed E-state index contributed by atoms with van der Waals surface area (Å²) in [5, 5.41) is 0. The molecule has 0 unspecified atom stereocenters. The molecule has 0 spiro atoms. The fraction of sp³-hybridized carbons (Fsp3) is 0.0526. The van der Waals surface area contributed by atoms with Gasteiger partial charge in [0.05, 0.1) is 5.41 Å². The summed E-state index contributed by atoms with van der Waals surface area (Å²) in [6.45, 7) is 0. The van der Waals surface area contributed by atoms with Gasteiger partial charge in [-0.15, -0.1) is 0 Å². The topological polar surface area (TPSA) is 3.24 Å². The zero-order valence-electron chi connectivity index (χ0n) is 22.0.